The lowest BCUT2D eigenvalue weighted by Crippen LogP contribution is -2.37. The van der Waals surface area contributed by atoms with Gasteiger partial charge in [0.25, 0.3) is 0 Å². The summed E-state index contributed by atoms with van der Waals surface area (Å²) in [4.78, 5) is 0. The molecule has 0 amide bonds. The molecule has 0 aromatic heterocycles. The van der Waals surface area contributed by atoms with Crippen LogP contribution >= 0.6 is 0 Å². The summed E-state index contributed by atoms with van der Waals surface area (Å²) in [5.74, 6) is 0.108. The van der Waals surface area contributed by atoms with E-state index in [1.54, 1.807) is 7.11 Å². The quantitative estimate of drug-likeness (QED) is 0.594. The Labute approximate surface area is 91.1 Å². The van der Waals surface area contributed by atoms with Crippen LogP contribution in [0.15, 0.2) is 0 Å². The van der Waals surface area contributed by atoms with E-state index >= 15 is 0 Å². The van der Waals surface area contributed by atoms with E-state index in [9.17, 15) is 8.42 Å². The fourth-order valence-corrected chi connectivity index (χ4v) is 3.25. The van der Waals surface area contributed by atoms with Crippen LogP contribution in [0.1, 0.15) is 19.3 Å². The number of aliphatic hydroxyl groups excluding tert-OH is 1. The van der Waals surface area contributed by atoms with Crippen LogP contribution in [0.5, 0.6) is 0 Å². The fraction of sp³-hybridized carbons (Fsp3) is 1.00. The first-order valence-corrected chi connectivity index (χ1v) is 6.82. The van der Waals surface area contributed by atoms with Gasteiger partial charge in [-0.2, -0.15) is 4.31 Å². The zero-order chi connectivity index (χ0) is 11.3. The molecule has 1 aliphatic carbocycles. The monoisotopic (exact) mass is 237 g/mol. The van der Waals surface area contributed by atoms with Gasteiger partial charge in [0, 0.05) is 26.3 Å². The van der Waals surface area contributed by atoms with Gasteiger partial charge in [-0.05, 0) is 19.3 Å². The number of sulfonamides is 1. The molecular weight excluding hydrogens is 218 g/mol. The van der Waals surface area contributed by atoms with Crippen molar-refractivity contribution < 1.29 is 18.3 Å². The highest BCUT2D eigenvalue weighted by molar-refractivity contribution is 7.89. The van der Waals surface area contributed by atoms with Gasteiger partial charge in [0.1, 0.15) is 0 Å². The van der Waals surface area contributed by atoms with Crippen molar-refractivity contribution in [2.45, 2.75) is 25.3 Å². The molecule has 0 atom stereocenters. The maximum atomic E-state index is 11.8. The molecule has 0 aromatic carbocycles. The second-order valence-corrected chi connectivity index (χ2v) is 5.77. The molecular formula is C9H19NO4S. The molecule has 0 bridgehead atoms. The standard InChI is InChI=1S/C9H19NO4S/c1-14-7-2-8-15(12,13)10(5-6-11)9-3-4-9/h9,11H,2-8H2,1H3. The third-order valence-corrected chi connectivity index (χ3v) is 4.38. The Morgan fingerprint density at radius 3 is 2.60 bits per heavy atom. The first kappa shape index (κ1) is 12.9. The Balaban J connectivity index is 2.48. The molecule has 0 heterocycles. The summed E-state index contributed by atoms with van der Waals surface area (Å²) >= 11 is 0. The van der Waals surface area contributed by atoms with E-state index in [4.69, 9.17) is 9.84 Å². The van der Waals surface area contributed by atoms with Gasteiger partial charge in [-0.3, -0.25) is 0 Å². The van der Waals surface area contributed by atoms with Crippen LogP contribution in [0.3, 0.4) is 0 Å². The van der Waals surface area contributed by atoms with Crippen molar-refractivity contribution in [2.75, 3.05) is 32.6 Å². The molecule has 6 heteroatoms. The fourth-order valence-electron chi connectivity index (χ4n) is 1.51. The van der Waals surface area contributed by atoms with Crippen LogP contribution in [0.4, 0.5) is 0 Å². The number of nitrogens with zero attached hydrogens (tertiary/aromatic N) is 1. The SMILES string of the molecule is COCCCS(=O)(=O)N(CCO)C1CC1. The smallest absolute Gasteiger partial charge is 0.214 e. The molecule has 15 heavy (non-hydrogen) atoms. The van der Waals surface area contributed by atoms with E-state index in [2.05, 4.69) is 0 Å². The average Bonchev–Trinajstić information content (AvgIpc) is 2.97. The highest BCUT2D eigenvalue weighted by atomic mass is 32.2. The summed E-state index contributed by atoms with van der Waals surface area (Å²) in [6.07, 6.45) is 2.35. The molecule has 0 spiro atoms. The van der Waals surface area contributed by atoms with Crippen molar-refractivity contribution in [3.05, 3.63) is 0 Å². The Morgan fingerprint density at radius 1 is 1.47 bits per heavy atom. The van der Waals surface area contributed by atoms with Crippen LogP contribution in [0.25, 0.3) is 0 Å². The minimum absolute atomic E-state index is 0.108. The van der Waals surface area contributed by atoms with Crippen molar-refractivity contribution in [2.24, 2.45) is 0 Å². The van der Waals surface area contributed by atoms with Gasteiger partial charge in [-0.25, -0.2) is 8.42 Å². The van der Waals surface area contributed by atoms with Gasteiger partial charge in [0.15, 0.2) is 0 Å². The number of ether oxygens (including phenoxy) is 1. The van der Waals surface area contributed by atoms with Gasteiger partial charge >= 0.3 is 0 Å². The Kier molecular flexibility index (Phi) is 4.98. The molecule has 0 radical (unpaired) electrons. The topological polar surface area (TPSA) is 66.8 Å². The van der Waals surface area contributed by atoms with E-state index in [-0.39, 0.29) is 24.9 Å². The summed E-state index contributed by atoms with van der Waals surface area (Å²) in [5, 5.41) is 8.82. The number of aliphatic hydroxyl groups is 1. The molecule has 0 saturated heterocycles. The van der Waals surface area contributed by atoms with Crippen LogP contribution in [-0.4, -0.2) is 56.5 Å². The maximum Gasteiger partial charge on any atom is 0.214 e. The number of methoxy groups -OCH3 is 1. The lowest BCUT2D eigenvalue weighted by molar-refractivity contribution is 0.198. The van der Waals surface area contributed by atoms with Crippen molar-refractivity contribution in [3.8, 4) is 0 Å². The molecule has 1 saturated carbocycles. The van der Waals surface area contributed by atoms with Crippen molar-refractivity contribution in [1.29, 1.82) is 0 Å². The summed E-state index contributed by atoms with van der Waals surface area (Å²) in [7, 11) is -1.65. The van der Waals surface area contributed by atoms with Crippen LogP contribution in [0, 0.1) is 0 Å². The minimum atomic E-state index is -3.20. The summed E-state index contributed by atoms with van der Waals surface area (Å²) in [6.45, 7) is 0.566. The predicted molar refractivity (Wildman–Crippen MR) is 57.1 cm³/mol. The van der Waals surface area contributed by atoms with Crippen molar-refractivity contribution in [3.63, 3.8) is 0 Å². The second-order valence-electron chi connectivity index (χ2n) is 3.73. The van der Waals surface area contributed by atoms with E-state index < -0.39 is 10.0 Å². The van der Waals surface area contributed by atoms with Gasteiger partial charge in [-0.15, -0.1) is 0 Å². The van der Waals surface area contributed by atoms with Gasteiger partial charge in [0.2, 0.25) is 10.0 Å². The van der Waals surface area contributed by atoms with Gasteiger partial charge < -0.3 is 9.84 Å². The van der Waals surface area contributed by atoms with Crippen LogP contribution in [0.2, 0.25) is 0 Å². The van der Waals surface area contributed by atoms with Crippen LogP contribution < -0.4 is 0 Å². The predicted octanol–water partition coefficient (Wildman–Crippen LogP) is -0.191. The third-order valence-electron chi connectivity index (χ3n) is 2.38. The number of hydrogen-bond acceptors (Lipinski definition) is 4. The Bertz CT molecular complexity index is 274. The zero-order valence-corrected chi connectivity index (χ0v) is 9.87. The normalized spacial score (nSPS) is 17.3. The summed E-state index contributed by atoms with van der Waals surface area (Å²) < 4.78 is 29.9. The second kappa shape index (κ2) is 5.79. The summed E-state index contributed by atoms with van der Waals surface area (Å²) in [6, 6.07) is 0.129. The first-order chi connectivity index (χ1) is 7.11. The molecule has 0 aromatic rings. The zero-order valence-electron chi connectivity index (χ0n) is 9.05. The Hall–Kier alpha value is -0.170. The van der Waals surface area contributed by atoms with Gasteiger partial charge in [0.05, 0.1) is 12.4 Å². The van der Waals surface area contributed by atoms with Crippen LogP contribution in [-0.2, 0) is 14.8 Å². The van der Waals surface area contributed by atoms with E-state index in [1.165, 1.54) is 4.31 Å². The third kappa shape index (κ3) is 4.06. The minimum Gasteiger partial charge on any atom is -0.395 e. The van der Waals surface area contributed by atoms with E-state index in [0.717, 1.165) is 12.8 Å². The molecule has 1 fully saturated rings. The largest absolute Gasteiger partial charge is 0.395 e. The highest BCUT2D eigenvalue weighted by Gasteiger charge is 2.36. The van der Waals surface area contributed by atoms with Crippen molar-refractivity contribution >= 4 is 10.0 Å². The molecule has 1 aliphatic rings. The summed E-state index contributed by atoms with van der Waals surface area (Å²) in [5.41, 5.74) is 0. The lowest BCUT2D eigenvalue weighted by Gasteiger charge is -2.20. The number of rotatable bonds is 8. The molecule has 90 valence electrons. The first-order valence-electron chi connectivity index (χ1n) is 5.21. The van der Waals surface area contributed by atoms with Gasteiger partial charge in [-0.1, -0.05) is 0 Å². The van der Waals surface area contributed by atoms with E-state index in [1.807, 2.05) is 0 Å². The molecule has 1 N–H and O–H groups in total. The molecule has 1 rings (SSSR count). The van der Waals surface area contributed by atoms with Crippen molar-refractivity contribution in [1.82, 2.24) is 4.31 Å². The molecule has 0 unspecified atom stereocenters. The number of hydrogen-bond donors (Lipinski definition) is 1. The lowest BCUT2D eigenvalue weighted by atomic mass is 10.5. The molecule has 0 aliphatic heterocycles. The Morgan fingerprint density at radius 2 is 2.13 bits per heavy atom. The highest BCUT2D eigenvalue weighted by Crippen LogP contribution is 2.29. The maximum absolute atomic E-state index is 11.8. The molecule has 5 nitrogen and oxygen atoms in total. The average molecular weight is 237 g/mol. The van der Waals surface area contributed by atoms with E-state index in [0.29, 0.717) is 13.0 Å².